The summed E-state index contributed by atoms with van der Waals surface area (Å²) in [6.45, 7) is 4.63. The molecule has 4 N–H and O–H groups in total. The zero-order valence-electron chi connectivity index (χ0n) is 19.0. The van der Waals surface area contributed by atoms with Crippen molar-refractivity contribution in [3.05, 3.63) is 71.7 Å². The Bertz CT molecular complexity index is 1120. The number of halogens is 1. The summed E-state index contributed by atoms with van der Waals surface area (Å²) in [7, 11) is 1.74. The van der Waals surface area contributed by atoms with E-state index in [9.17, 15) is 9.18 Å². The summed E-state index contributed by atoms with van der Waals surface area (Å²) in [4.78, 5) is 21.1. The smallest absolute Gasteiger partial charge is 0.241 e. The molecule has 0 fully saturated rings. The molecule has 0 unspecified atom stereocenters. The van der Waals surface area contributed by atoms with E-state index in [2.05, 4.69) is 38.2 Å². The minimum absolute atomic E-state index is 0.0977. The number of benzene rings is 2. The molecule has 1 aromatic heterocycles. The predicted octanol–water partition coefficient (Wildman–Crippen LogP) is 4.90. The van der Waals surface area contributed by atoms with Gasteiger partial charge in [0, 0.05) is 29.7 Å². The highest BCUT2D eigenvalue weighted by Gasteiger charge is 2.10. The molecule has 0 saturated heterocycles. The highest BCUT2D eigenvalue weighted by Crippen LogP contribution is 2.21. The maximum absolute atomic E-state index is 13.5. The highest BCUT2D eigenvalue weighted by atomic mass is 19.1. The highest BCUT2D eigenvalue weighted by molar-refractivity contribution is 5.94. The average molecular weight is 449 g/mol. The molecule has 0 saturated carbocycles. The van der Waals surface area contributed by atoms with E-state index in [4.69, 9.17) is 0 Å². The van der Waals surface area contributed by atoms with Gasteiger partial charge < -0.3 is 21.3 Å². The standard InChI is InChI=1S/C25H29FN6O/c1-4-13-28-23-19(16-29-25(32-23)31-22-10-6-8-20(26)15-22)12-11-18-7-5-9-21(14-18)30-24(33)17(2)27-3/h5-12,14-17,27H,4,13H2,1-3H3,(H,30,33)(H2,28,29,31,32)/t17-/m0/s1. The van der Waals surface area contributed by atoms with E-state index in [0.717, 1.165) is 29.8 Å². The number of hydrogen-bond donors (Lipinski definition) is 4. The Morgan fingerprint density at radius 1 is 1.12 bits per heavy atom. The molecule has 172 valence electrons. The molecule has 0 aliphatic heterocycles. The fraction of sp³-hybridized carbons (Fsp3) is 0.240. The van der Waals surface area contributed by atoms with E-state index in [0.29, 0.717) is 17.5 Å². The van der Waals surface area contributed by atoms with Crippen molar-refractivity contribution in [3.8, 4) is 0 Å². The van der Waals surface area contributed by atoms with Crippen molar-refractivity contribution in [1.29, 1.82) is 0 Å². The number of nitrogens with one attached hydrogen (secondary N) is 4. The van der Waals surface area contributed by atoms with Crippen molar-refractivity contribution >= 4 is 41.2 Å². The Kier molecular flexibility index (Phi) is 8.49. The fourth-order valence-corrected chi connectivity index (χ4v) is 2.94. The van der Waals surface area contributed by atoms with Crippen LogP contribution in [0, 0.1) is 5.82 Å². The Morgan fingerprint density at radius 2 is 1.91 bits per heavy atom. The lowest BCUT2D eigenvalue weighted by Crippen LogP contribution is -2.35. The first-order chi connectivity index (χ1) is 16.0. The van der Waals surface area contributed by atoms with Crippen LogP contribution in [0.4, 0.5) is 27.5 Å². The lowest BCUT2D eigenvalue weighted by Gasteiger charge is -2.12. The van der Waals surface area contributed by atoms with Crippen molar-refractivity contribution in [3.63, 3.8) is 0 Å². The Labute approximate surface area is 193 Å². The average Bonchev–Trinajstić information content (AvgIpc) is 2.81. The predicted molar refractivity (Wildman–Crippen MR) is 133 cm³/mol. The van der Waals surface area contributed by atoms with Crippen LogP contribution < -0.4 is 21.3 Å². The maximum Gasteiger partial charge on any atom is 0.241 e. The van der Waals surface area contributed by atoms with Gasteiger partial charge in [-0.1, -0.05) is 31.2 Å². The van der Waals surface area contributed by atoms with Gasteiger partial charge in [-0.15, -0.1) is 0 Å². The van der Waals surface area contributed by atoms with Crippen LogP contribution in [0.1, 0.15) is 31.4 Å². The van der Waals surface area contributed by atoms with Crippen LogP contribution in [0.2, 0.25) is 0 Å². The number of hydrogen-bond acceptors (Lipinski definition) is 6. The molecule has 7 nitrogen and oxygen atoms in total. The van der Waals surface area contributed by atoms with Gasteiger partial charge in [0.05, 0.1) is 6.04 Å². The van der Waals surface area contributed by atoms with E-state index >= 15 is 0 Å². The topological polar surface area (TPSA) is 91.0 Å². The molecule has 0 spiro atoms. The van der Waals surface area contributed by atoms with Gasteiger partial charge in [-0.25, -0.2) is 9.37 Å². The number of amides is 1. The molecule has 33 heavy (non-hydrogen) atoms. The summed E-state index contributed by atoms with van der Waals surface area (Å²) in [6.07, 6.45) is 6.50. The van der Waals surface area contributed by atoms with Gasteiger partial charge in [0.1, 0.15) is 11.6 Å². The molecular formula is C25H29FN6O. The molecule has 0 aliphatic rings. The lowest BCUT2D eigenvalue weighted by atomic mass is 10.1. The molecule has 3 aromatic rings. The second kappa shape index (κ2) is 11.7. The number of carbonyl (C=O) groups is 1. The largest absolute Gasteiger partial charge is 0.369 e. The molecule has 1 amide bonds. The van der Waals surface area contributed by atoms with Crippen LogP contribution in [0.15, 0.2) is 54.7 Å². The van der Waals surface area contributed by atoms with Crippen molar-refractivity contribution in [2.75, 3.05) is 29.5 Å². The van der Waals surface area contributed by atoms with Gasteiger partial charge >= 0.3 is 0 Å². The van der Waals surface area contributed by atoms with Gasteiger partial charge in [-0.2, -0.15) is 4.98 Å². The van der Waals surface area contributed by atoms with Crippen LogP contribution in [-0.2, 0) is 4.79 Å². The molecular weight excluding hydrogens is 419 g/mol. The zero-order valence-corrected chi connectivity index (χ0v) is 19.0. The van der Waals surface area contributed by atoms with Crippen LogP contribution in [-0.4, -0.2) is 35.5 Å². The summed E-state index contributed by atoms with van der Waals surface area (Å²) in [5, 5.41) is 12.2. The summed E-state index contributed by atoms with van der Waals surface area (Å²) < 4.78 is 13.5. The molecule has 2 aromatic carbocycles. The van der Waals surface area contributed by atoms with Crippen LogP contribution in [0.3, 0.4) is 0 Å². The summed E-state index contributed by atoms with van der Waals surface area (Å²) in [5.74, 6) is 0.621. The first kappa shape index (κ1) is 23.9. The van der Waals surface area contributed by atoms with Crippen molar-refractivity contribution in [2.45, 2.75) is 26.3 Å². The Hall–Kier alpha value is -3.78. The third kappa shape index (κ3) is 7.11. The number of aromatic nitrogens is 2. The monoisotopic (exact) mass is 448 g/mol. The molecule has 1 atom stereocenters. The van der Waals surface area contributed by atoms with Gasteiger partial charge in [-0.3, -0.25) is 4.79 Å². The van der Waals surface area contributed by atoms with Crippen molar-refractivity contribution in [2.24, 2.45) is 0 Å². The van der Waals surface area contributed by atoms with E-state index in [1.807, 2.05) is 36.4 Å². The number of rotatable bonds is 10. The minimum atomic E-state index is -0.331. The SMILES string of the molecule is CCCNc1nc(Nc2cccc(F)c2)ncc1C=Cc1cccc(NC(=O)[C@H](C)NC)c1. The minimum Gasteiger partial charge on any atom is -0.369 e. The van der Waals surface area contributed by atoms with Crippen LogP contribution in [0.5, 0.6) is 0 Å². The summed E-state index contributed by atoms with van der Waals surface area (Å²) in [5.41, 5.74) is 3.03. The van der Waals surface area contributed by atoms with E-state index in [1.54, 1.807) is 32.3 Å². The van der Waals surface area contributed by atoms with Gasteiger partial charge in [0.2, 0.25) is 11.9 Å². The van der Waals surface area contributed by atoms with Crippen molar-refractivity contribution < 1.29 is 9.18 Å². The second-order valence-electron chi connectivity index (χ2n) is 7.52. The van der Waals surface area contributed by atoms with Crippen LogP contribution >= 0.6 is 0 Å². The Morgan fingerprint density at radius 3 is 2.67 bits per heavy atom. The molecule has 8 heteroatoms. The quantitative estimate of drug-likeness (QED) is 0.353. The van der Waals surface area contributed by atoms with Gasteiger partial charge in [-0.05, 0) is 62.4 Å². The molecule has 0 radical (unpaired) electrons. The van der Waals surface area contributed by atoms with E-state index in [-0.39, 0.29) is 17.8 Å². The van der Waals surface area contributed by atoms with E-state index in [1.165, 1.54) is 12.1 Å². The number of anilines is 4. The second-order valence-corrected chi connectivity index (χ2v) is 7.52. The first-order valence-corrected chi connectivity index (χ1v) is 10.9. The van der Waals surface area contributed by atoms with Gasteiger partial charge in [0.15, 0.2) is 0 Å². The van der Waals surface area contributed by atoms with Crippen LogP contribution in [0.25, 0.3) is 12.2 Å². The van der Waals surface area contributed by atoms with E-state index < -0.39 is 0 Å². The maximum atomic E-state index is 13.5. The number of likely N-dealkylation sites (N-methyl/N-ethyl adjacent to an activating group) is 1. The molecule has 0 aliphatic carbocycles. The number of nitrogens with zero attached hydrogens (tertiary/aromatic N) is 2. The third-order valence-electron chi connectivity index (χ3n) is 4.88. The molecule has 0 bridgehead atoms. The van der Waals surface area contributed by atoms with Gasteiger partial charge in [0.25, 0.3) is 0 Å². The molecule has 1 heterocycles. The molecule has 3 rings (SSSR count). The number of carbonyl (C=O) groups excluding carboxylic acids is 1. The van der Waals surface area contributed by atoms with Crippen molar-refractivity contribution in [1.82, 2.24) is 15.3 Å². The normalized spacial score (nSPS) is 11.9. The Balaban J connectivity index is 1.79. The third-order valence-corrected chi connectivity index (χ3v) is 4.88. The summed E-state index contributed by atoms with van der Waals surface area (Å²) >= 11 is 0. The zero-order chi connectivity index (χ0) is 23.6. The lowest BCUT2D eigenvalue weighted by molar-refractivity contribution is -0.117. The summed E-state index contributed by atoms with van der Waals surface area (Å²) in [6, 6.07) is 13.5. The first-order valence-electron chi connectivity index (χ1n) is 10.9. The fourth-order valence-electron chi connectivity index (χ4n) is 2.94.